The molecule has 3 rings (SSSR count). The van der Waals surface area contributed by atoms with Crippen molar-refractivity contribution in [2.45, 2.75) is 12.5 Å². The van der Waals surface area contributed by atoms with Gasteiger partial charge in [0.15, 0.2) is 0 Å². The van der Waals surface area contributed by atoms with E-state index in [1.54, 1.807) is 10.9 Å². The summed E-state index contributed by atoms with van der Waals surface area (Å²) in [6.07, 6.45) is 4.59. The van der Waals surface area contributed by atoms with Gasteiger partial charge in [0.1, 0.15) is 0 Å². The molecule has 1 aliphatic heterocycles. The zero-order chi connectivity index (χ0) is 14.1. The Morgan fingerprint density at radius 1 is 1.35 bits per heavy atom. The Balaban J connectivity index is 1.79. The average Bonchev–Trinajstić information content (AvgIpc) is 3.05. The normalized spacial score (nSPS) is 23.4. The number of aromatic nitrogens is 2. The molecule has 0 aliphatic carbocycles. The van der Waals surface area contributed by atoms with Crippen LogP contribution in [0.25, 0.3) is 5.69 Å². The lowest BCUT2D eigenvalue weighted by Gasteiger charge is -2.19. The second-order valence-corrected chi connectivity index (χ2v) is 5.92. The Morgan fingerprint density at radius 2 is 2.10 bits per heavy atom. The number of likely N-dealkylation sites (tertiary alicyclic amines) is 1. The first-order valence-electron chi connectivity index (χ1n) is 6.88. The van der Waals surface area contributed by atoms with Gasteiger partial charge in [-0.15, -0.1) is 0 Å². The van der Waals surface area contributed by atoms with Crippen LogP contribution in [0, 0.1) is 5.92 Å². The van der Waals surface area contributed by atoms with Gasteiger partial charge in [-0.1, -0.05) is 23.7 Å². The molecule has 0 amide bonds. The first kappa shape index (κ1) is 13.6. The van der Waals surface area contributed by atoms with Crippen LogP contribution in [0.1, 0.15) is 18.0 Å². The van der Waals surface area contributed by atoms with Crippen molar-refractivity contribution in [3.05, 3.63) is 47.2 Å². The van der Waals surface area contributed by atoms with E-state index in [1.807, 2.05) is 6.20 Å². The first-order chi connectivity index (χ1) is 9.67. The molecule has 0 bridgehead atoms. The van der Waals surface area contributed by atoms with Crippen molar-refractivity contribution in [1.29, 1.82) is 0 Å². The van der Waals surface area contributed by atoms with E-state index in [9.17, 15) is 0 Å². The molecule has 2 aromatic rings. The van der Waals surface area contributed by atoms with Gasteiger partial charge in [-0.3, -0.25) is 4.90 Å². The fourth-order valence-corrected chi connectivity index (χ4v) is 3.09. The Bertz CT molecular complexity index is 578. The molecule has 2 unspecified atom stereocenters. The minimum absolute atomic E-state index is 0.471. The summed E-state index contributed by atoms with van der Waals surface area (Å²) in [5.74, 6) is 0.606. The van der Waals surface area contributed by atoms with Gasteiger partial charge in [-0.05, 0) is 43.6 Å². The quantitative estimate of drug-likeness (QED) is 0.945. The third-order valence-electron chi connectivity index (χ3n) is 4.06. The lowest BCUT2D eigenvalue weighted by Crippen LogP contribution is -2.20. The molecule has 1 aliphatic rings. The van der Waals surface area contributed by atoms with Crippen LogP contribution in [0.2, 0.25) is 5.02 Å². The van der Waals surface area contributed by atoms with Gasteiger partial charge < -0.3 is 5.73 Å². The van der Waals surface area contributed by atoms with Crippen LogP contribution >= 0.6 is 11.6 Å². The summed E-state index contributed by atoms with van der Waals surface area (Å²) in [5, 5.41) is 4.86. The lowest BCUT2D eigenvalue weighted by molar-refractivity contribution is 0.313. The molecule has 106 valence electrons. The molecule has 0 saturated carbocycles. The van der Waals surface area contributed by atoms with Crippen LogP contribution < -0.4 is 5.73 Å². The third kappa shape index (κ3) is 2.59. The van der Waals surface area contributed by atoms with E-state index in [-0.39, 0.29) is 0 Å². The highest BCUT2D eigenvalue weighted by atomic mass is 35.5. The van der Waals surface area contributed by atoms with Crippen LogP contribution in [0.3, 0.4) is 0 Å². The lowest BCUT2D eigenvalue weighted by atomic mass is 10.00. The maximum absolute atomic E-state index is 5.89. The van der Waals surface area contributed by atoms with Crippen molar-refractivity contribution in [2.75, 3.05) is 20.1 Å². The van der Waals surface area contributed by atoms with Crippen molar-refractivity contribution in [3.8, 4) is 5.69 Å². The fraction of sp³-hybridized carbons (Fsp3) is 0.400. The summed E-state index contributed by atoms with van der Waals surface area (Å²) in [6, 6.07) is 8.99. The third-order valence-corrected chi connectivity index (χ3v) is 4.26. The number of hydrogen-bond acceptors (Lipinski definition) is 3. The minimum Gasteiger partial charge on any atom is -0.330 e. The summed E-state index contributed by atoms with van der Waals surface area (Å²) in [6.45, 7) is 1.85. The van der Waals surface area contributed by atoms with Gasteiger partial charge in [-0.2, -0.15) is 5.10 Å². The smallest absolute Gasteiger partial charge is 0.0790 e. The van der Waals surface area contributed by atoms with E-state index < -0.39 is 0 Å². The molecule has 0 radical (unpaired) electrons. The van der Waals surface area contributed by atoms with E-state index in [0.29, 0.717) is 17.0 Å². The van der Waals surface area contributed by atoms with E-state index >= 15 is 0 Å². The van der Waals surface area contributed by atoms with E-state index in [4.69, 9.17) is 17.3 Å². The maximum atomic E-state index is 5.89. The molecule has 4 nitrogen and oxygen atoms in total. The molecule has 5 heteroatoms. The van der Waals surface area contributed by atoms with Crippen molar-refractivity contribution >= 4 is 11.6 Å². The predicted molar refractivity (Wildman–Crippen MR) is 81.1 cm³/mol. The van der Waals surface area contributed by atoms with Crippen LogP contribution in [0.4, 0.5) is 0 Å². The number of rotatable bonds is 3. The molecule has 2 atom stereocenters. The average molecular weight is 291 g/mol. The molecule has 1 aromatic carbocycles. The van der Waals surface area contributed by atoms with E-state index in [1.165, 1.54) is 5.56 Å². The van der Waals surface area contributed by atoms with Gasteiger partial charge >= 0.3 is 0 Å². The SMILES string of the molecule is CN1CC(CN)CC1c1ccc(-n2cc(Cl)cn2)cc1. The second kappa shape index (κ2) is 5.56. The molecule has 2 heterocycles. The van der Waals surface area contributed by atoms with Crippen LogP contribution in [-0.2, 0) is 0 Å². The molecule has 1 fully saturated rings. The van der Waals surface area contributed by atoms with Crippen LogP contribution in [-0.4, -0.2) is 34.8 Å². The molecule has 0 spiro atoms. The van der Waals surface area contributed by atoms with Crippen LogP contribution in [0.15, 0.2) is 36.7 Å². The number of hydrogen-bond donors (Lipinski definition) is 1. The number of halogens is 1. The monoisotopic (exact) mass is 290 g/mol. The molecular weight excluding hydrogens is 272 g/mol. The molecule has 2 N–H and O–H groups in total. The summed E-state index contributed by atoms with van der Waals surface area (Å²) in [5.41, 5.74) is 8.15. The van der Waals surface area contributed by atoms with Gasteiger partial charge in [0.25, 0.3) is 0 Å². The summed E-state index contributed by atoms with van der Waals surface area (Å²) in [7, 11) is 2.17. The standard InChI is InChI=1S/C15H19ClN4/c1-19-9-11(7-17)6-15(19)12-2-4-14(5-3-12)20-10-13(16)8-18-20/h2-5,8,10-11,15H,6-7,9,17H2,1H3. The molecule has 20 heavy (non-hydrogen) atoms. The van der Waals surface area contributed by atoms with Crippen molar-refractivity contribution in [3.63, 3.8) is 0 Å². The summed E-state index contributed by atoms with van der Waals surface area (Å²) >= 11 is 5.89. The van der Waals surface area contributed by atoms with Gasteiger partial charge in [0.05, 0.1) is 16.9 Å². The Morgan fingerprint density at radius 3 is 2.65 bits per heavy atom. The highest BCUT2D eigenvalue weighted by Crippen LogP contribution is 2.33. The highest BCUT2D eigenvalue weighted by molar-refractivity contribution is 6.30. The van der Waals surface area contributed by atoms with Crippen molar-refractivity contribution in [1.82, 2.24) is 14.7 Å². The summed E-state index contributed by atoms with van der Waals surface area (Å²) in [4.78, 5) is 2.39. The number of nitrogens with two attached hydrogens (primary N) is 1. The van der Waals surface area contributed by atoms with Gasteiger partial charge in [0.2, 0.25) is 0 Å². The molecule has 1 saturated heterocycles. The second-order valence-electron chi connectivity index (χ2n) is 5.49. The minimum atomic E-state index is 0.471. The Labute approximate surface area is 124 Å². The Hall–Kier alpha value is -1.36. The topological polar surface area (TPSA) is 47.1 Å². The molecular formula is C15H19ClN4. The van der Waals surface area contributed by atoms with E-state index in [2.05, 4.69) is 41.3 Å². The largest absolute Gasteiger partial charge is 0.330 e. The van der Waals surface area contributed by atoms with E-state index in [0.717, 1.165) is 25.2 Å². The Kier molecular flexibility index (Phi) is 3.78. The first-order valence-corrected chi connectivity index (χ1v) is 7.26. The number of nitrogens with zero attached hydrogens (tertiary/aromatic N) is 3. The zero-order valence-corrected chi connectivity index (χ0v) is 12.3. The fourth-order valence-electron chi connectivity index (χ4n) is 2.96. The predicted octanol–water partition coefficient (Wildman–Crippen LogP) is 2.48. The van der Waals surface area contributed by atoms with Crippen molar-refractivity contribution < 1.29 is 0 Å². The summed E-state index contributed by atoms with van der Waals surface area (Å²) < 4.78 is 1.78. The number of benzene rings is 1. The zero-order valence-electron chi connectivity index (χ0n) is 11.5. The van der Waals surface area contributed by atoms with Gasteiger partial charge in [0, 0.05) is 18.8 Å². The highest BCUT2D eigenvalue weighted by Gasteiger charge is 2.29. The van der Waals surface area contributed by atoms with Gasteiger partial charge in [-0.25, -0.2) is 4.68 Å². The molecule has 1 aromatic heterocycles. The maximum Gasteiger partial charge on any atom is 0.0790 e. The van der Waals surface area contributed by atoms with Crippen LogP contribution in [0.5, 0.6) is 0 Å². The van der Waals surface area contributed by atoms with Crippen molar-refractivity contribution in [2.24, 2.45) is 11.7 Å².